The Balaban J connectivity index is 2.00. The van der Waals surface area contributed by atoms with Gasteiger partial charge in [-0.15, -0.1) is 0 Å². The molecule has 2 aliphatic rings. The van der Waals surface area contributed by atoms with Gasteiger partial charge in [0.15, 0.2) is 0 Å². The van der Waals surface area contributed by atoms with Gasteiger partial charge in [-0.05, 0) is 31.4 Å². The first-order chi connectivity index (χ1) is 13.0. The molecule has 6 nitrogen and oxygen atoms in total. The van der Waals surface area contributed by atoms with Crippen molar-refractivity contribution in [1.82, 2.24) is 14.7 Å². The Bertz CT molecular complexity index is 764. The van der Waals surface area contributed by atoms with Crippen molar-refractivity contribution in [1.29, 1.82) is 0 Å². The normalized spacial score (nSPS) is 18.8. The fraction of sp³-hybridized carbons (Fsp3) is 0.524. The van der Waals surface area contributed by atoms with Gasteiger partial charge in [0.2, 0.25) is 0 Å². The second-order valence-electron chi connectivity index (χ2n) is 7.36. The molecule has 6 heteroatoms. The van der Waals surface area contributed by atoms with E-state index in [1.54, 1.807) is 0 Å². The second kappa shape index (κ2) is 8.23. The smallest absolute Gasteiger partial charge is 0.277 e. The van der Waals surface area contributed by atoms with Crippen LogP contribution < -0.4 is 0 Å². The molecular weight excluding hydrogens is 342 g/mol. The van der Waals surface area contributed by atoms with E-state index in [-0.39, 0.29) is 18.4 Å². The molecular formula is C21H29N3O3. The summed E-state index contributed by atoms with van der Waals surface area (Å²) in [6.45, 7) is 10.1. The van der Waals surface area contributed by atoms with E-state index in [2.05, 4.69) is 15.9 Å². The summed E-state index contributed by atoms with van der Waals surface area (Å²) in [5, 5.41) is 9.14. The predicted molar refractivity (Wildman–Crippen MR) is 105 cm³/mol. The number of hydrogen-bond acceptors (Lipinski definition) is 5. The van der Waals surface area contributed by atoms with Crippen LogP contribution in [0.1, 0.15) is 30.0 Å². The zero-order chi connectivity index (χ0) is 19.6. The average Bonchev–Trinajstić information content (AvgIpc) is 2.88. The molecule has 0 saturated carbocycles. The molecule has 1 aromatic carbocycles. The molecule has 0 bridgehead atoms. The number of imide groups is 1. The third-order valence-electron chi connectivity index (χ3n) is 5.35. The van der Waals surface area contributed by atoms with Crippen molar-refractivity contribution in [2.45, 2.75) is 27.2 Å². The van der Waals surface area contributed by atoms with Gasteiger partial charge in [0, 0.05) is 39.3 Å². The largest absolute Gasteiger partial charge is 0.395 e. The van der Waals surface area contributed by atoms with Gasteiger partial charge < -0.3 is 10.0 Å². The van der Waals surface area contributed by atoms with Gasteiger partial charge in [-0.2, -0.15) is 0 Å². The zero-order valence-corrected chi connectivity index (χ0v) is 16.5. The van der Waals surface area contributed by atoms with Gasteiger partial charge in [-0.3, -0.25) is 19.4 Å². The molecule has 0 aromatic heterocycles. The topological polar surface area (TPSA) is 64.1 Å². The number of aliphatic hydroxyl groups excluding tert-OH is 1. The van der Waals surface area contributed by atoms with E-state index in [1.807, 2.05) is 32.9 Å². The van der Waals surface area contributed by atoms with Crippen molar-refractivity contribution in [2.75, 3.05) is 45.9 Å². The summed E-state index contributed by atoms with van der Waals surface area (Å²) in [5.74, 6) is -0.353. The summed E-state index contributed by atoms with van der Waals surface area (Å²) in [6, 6.07) is 6.01. The molecule has 146 valence electrons. The minimum atomic E-state index is -0.179. The Labute approximate surface area is 161 Å². The van der Waals surface area contributed by atoms with Gasteiger partial charge in [0.25, 0.3) is 11.8 Å². The number of amides is 2. The first-order valence-corrected chi connectivity index (χ1v) is 9.74. The van der Waals surface area contributed by atoms with Crippen LogP contribution in [-0.4, -0.2) is 77.5 Å². The number of hydrogen-bond donors (Lipinski definition) is 1. The number of nitrogens with zero attached hydrogens (tertiary/aromatic N) is 3. The average molecular weight is 371 g/mol. The minimum absolute atomic E-state index is 0.137. The monoisotopic (exact) mass is 371 g/mol. The standard InChI is InChI=1S/C21H29N3O3/c1-4-7-24-20(26)18(17-6-5-15(2)14-16(17)3)19(21(24)27)23-10-8-22(9-11-23)12-13-25/h5-6,14,25H,4,7-13H2,1-3H3. The second-order valence-corrected chi connectivity index (χ2v) is 7.36. The van der Waals surface area contributed by atoms with Crippen molar-refractivity contribution in [2.24, 2.45) is 0 Å². The molecule has 0 spiro atoms. The molecule has 1 fully saturated rings. The maximum Gasteiger partial charge on any atom is 0.277 e. The highest BCUT2D eigenvalue weighted by molar-refractivity contribution is 6.35. The molecule has 2 aliphatic heterocycles. The van der Waals surface area contributed by atoms with Crippen LogP contribution in [0.2, 0.25) is 0 Å². The Hall–Kier alpha value is -2.18. The van der Waals surface area contributed by atoms with Crippen LogP contribution >= 0.6 is 0 Å². The summed E-state index contributed by atoms with van der Waals surface area (Å²) < 4.78 is 0. The Kier molecular flexibility index (Phi) is 5.97. The molecule has 0 atom stereocenters. The number of benzene rings is 1. The van der Waals surface area contributed by atoms with Crippen molar-refractivity contribution in [3.8, 4) is 0 Å². The van der Waals surface area contributed by atoms with E-state index in [4.69, 9.17) is 5.11 Å². The third kappa shape index (κ3) is 3.77. The molecule has 1 N–H and O–H groups in total. The van der Waals surface area contributed by atoms with Crippen LogP contribution in [-0.2, 0) is 9.59 Å². The van der Waals surface area contributed by atoms with E-state index in [0.29, 0.717) is 37.4 Å². The number of β-amino-alcohol motifs (C(OH)–C–C–N with tert-alkyl or cyclic N) is 1. The first-order valence-electron chi connectivity index (χ1n) is 9.74. The van der Waals surface area contributed by atoms with E-state index in [9.17, 15) is 9.59 Å². The van der Waals surface area contributed by atoms with E-state index in [1.165, 1.54) is 4.90 Å². The van der Waals surface area contributed by atoms with Gasteiger partial charge in [0.1, 0.15) is 5.70 Å². The van der Waals surface area contributed by atoms with E-state index < -0.39 is 0 Å². The van der Waals surface area contributed by atoms with Crippen molar-refractivity contribution in [3.63, 3.8) is 0 Å². The van der Waals surface area contributed by atoms with Crippen molar-refractivity contribution in [3.05, 3.63) is 40.6 Å². The molecule has 1 aromatic rings. The Morgan fingerprint density at radius 2 is 1.70 bits per heavy atom. The summed E-state index contributed by atoms with van der Waals surface area (Å²) in [5.41, 5.74) is 4.09. The molecule has 1 saturated heterocycles. The highest BCUT2D eigenvalue weighted by Gasteiger charge is 2.42. The van der Waals surface area contributed by atoms with Crippen molar-refractivity contribution < 1.29 is 14.7 Å². The number of rotatable bonds is 6. The molecule has 0 aliphatic carbocycles. The fourth-order valence-corrected chi connectivity index (χ4v) is 3.96. The summed E-state index contributed by atoms with van der Waals surface area (Å²) in [6.07, 6.45) is 0.745. The third-order valence-corrected chi connectivity index (χ3v) is 5.35. The summed E-state index contributed by atoms with van der Waals surface area (Å²) >= 11 is 0. The number of carbonyl (C=O) groups is 2. The van der Waals surface area contributed by atoms with E-state index >= 15 is 0 Å². The van der Waals surface area contributed by atoms with Crippen LogP contribution in [0.3, 0.4) is 0 Å². The number of carbonyl (C=O) groups excluding carboxylic acids is 2. The van der Waals surface area contributed by atoms with Crippen molar-refractivity contribution >= 4 is 17.4 Å². The summed E-state index contributed by atoms with van der Waals surface area (Å²) in [7, 11) is 0. The lowest BCUT2D eigenvalue weighted by Crippen LogP contribution is -2.48. The number of piperazine rings is 1. The lowest BCUT2D eigenvalue weighted by molar-refractivity contribution is -0.137. The van der Waals surface area contributed by atoms with Crippen LogP contribution in [0.4, 0.5) is 0 Å². The molecule has 2 heterocycles. The maximum atomic E-state index is 13.1. The SMILES string of the molecule is CCCN1C(=O)C(c2ccc(C)cc2C)=C(N2CCN(CCO)CC2)C1=O. The van der Waals surface area contributed by atoms with Crippen LogP contribution in [0.25, 0.3) is 5.57 Å². The van der Waals surface area contributed by atoms with Gasteiger partial charge in [-0.1, -0.05) is 30.7 Å². The Morgan fingerprint density at radius 3 is 2.30 bits per heavy atom. The maximum absolute atomic E-state index is 13.1. The van der Waals surface area contributed by atoms with Gasteiger partial charge >= 0.3 is 0 Å². The minimum Gasteiger partial charge on any atom is -0.395 e. The first kappa shape index (κ1) is 19.6. The lowest BCUT2D eigenvalue weighted by Gasteiger charge is -2.36. The molecule has 2 amide bonds. The molecule has 0 radical (unpaired) electrons. The van der Waals surface area contributed by atoms with Crippen LogP contribution in [0, 0.1) is 13.8 Å². The Morgan fingerprint density at radius 1 is 1.00 bits per heavy atom. The fourth-order valence-electron chi connectivity index (χ4n) is 3.96. The molecule has 27 heavy (non-hydrogen) atoms. The van der Waals surface area contributed by atoms with Gasteiger partial charge in [0.05, 0.1) is 12.2 Å². The van der Waals surface area contributed by atoms with Crippen LogP contribution in [0.15, 0.2) is 23.9 Å². The predicted octanol–water partition coefficient (Wildman–Crippen LogP) is 1.40. The molecule has 0 unspecified atom stereocenters. The molecule has 3 rings (SSSR count). The zero-order valence-electron chi connectivity index (χ0n) is 16.5. The number of aliphatic hydroxyl groups is 1. The number of aryl methyl sites for hydroxylation is 2. The van der Waals surface area contributed by atoms with Gasteiger partial charge in [-0.25, -0.2) is 0 Å². The van der Waals surface area contributed by atoms with Crippen LogP contribution in [0.5, 0.6) is 0 Å². The highest BCUT2D eigenvalue weighted by Crippen LogP contribution is 2.34. The van der Waals surface area contributed by atoms with E-state index in [0.717, 1.165) is 36.2 Å². The lowest BCUT2D eigenvalue weighted by atomic mass is 9.97. The highest BCUT2D eigenvalue weighted by atomic mass is 16.3. The quantitative estimate of drug-likeness (QED) is 0.766. The summed E-state index contributed by atoms with van der Waals surface area (Å²) in [4.78, 5) is 31.9.